The highest BCUT2D eigenvalue weighted by Gasteiger charge is 2.10. The lowest BCUT2D eigenvalue weighted by Crippen LogP contribution is -2.11. The van der Waals surface area contributed by atoms with Crippen LogP contribution in [0.3, 0.4) is 0 Å². The van der Waals surface area contributed by atoms with E-state index in [4.69, 9.17) is 10.5 Å². The smallest absolute Gasteiger partial charge is 0.216 e. The summed E-state index contributed by atoms with van der Waals surface area (Å²) in [6.07, 6.45) is 3.93. The molecule has 0 fully saturated rings. The highest BCUT2D eigenvalue weighted by Crippen LogP contribution is 2.22. The maximum Gasteiger partial charge on any atom is 0.216 e. The Hall–Kier alpha value is -1.09. The van der Waals surface area contributed by atoms with E-state index in [2.05, 4.69) is 11.1 Å². The second-order valence-corrected chi connectivity index (χ2v) is 2.96. The molecule has 1 aromatic heterocycles. The third-order valence-corrected chi connectivity index (χ3v) is 2.05. The third-order valence-electron chi connectivity index (χ3n) is 2.05. The predicted molar refractivity (Wildman–Crippen MR) is 45.9 cm³/mol. The van der Waals surface area contributed by atoms with Crippen molar-refractivity contribution in [2.75, 3.05) is 6.61 Å². The number of aromatic nitrogens is 1. The van der Waals surface area contributed by atoms with Gasteiger partial charge < -0.3 is 10.5 Å². The van der Waals surface area contributed by atoms with Crippen LogP contribution in [0, 0.1) is 0 Å². The van der Waals surface area contributed by atoms with E-state index >= 15 is 0 Å². The van der Waals surface area contributed by atoms with E-state index < -0.39 is 0 Å². The standard InChI is InChI=1S/C9H12N2O/c10-5-7-4-8-2-1-3-12-9(8)11-6-7/h4,6H,1-3,5,10H2. The van der Waals surface area contributed by atoms with Crippen LogP contribution in [0.15, 0.2) is 12.3 Å². The lowest BCUT2D eigenvalue weighted by Gasteiger charge is -2.15. The Morgan fingerprint density at radius 1 is 1.58 bits per heavy atom. The van der Waals surface area contributed by atoms with Crippen molar-refractivity contribution in [2.45, 2.75) is 19.4 Å². The van der Waals surface area contributed by atoms with Crippen LogP contribution in [0.25, 0.3) is 0 Å². The Morgan fingerprint density at radius 3 is 3.33 bits per heavy atom. The van der Waals surface area contributed by atoms with Crippen molar-refractivity contribution in [2.24, 2.45) is 5.73 Å². The molecule has 64 valence electrons. The van der Waals surface area contributed by atoms with Crippen molar-refractivity contribution in [1.82, 2.24) is 4.98 Å². The first-order chi connectivity index (χ1) is 5.90. The Labute approximate surface area is 71.6 Å². The van der Waals surface area contributed by atoms with Crippen LogP contribution < -0.4 is 10.5 Å². The largest absolute Gasteiger partial charge is 0.477 e. The van der Waals surface area contributed by atoms with Crippen LogP contribution in [-0.2, 0) is 13.0 Å². The molecule has 0 amide bonds. The Kier molecular flexibility index (Phi) is 1.96. The third kappa shape index (κ3) is 1.28. The molecule has 0 saturated carbocycles. The zero-order valence-corrected chi connectivity index (χ0v) is 6.92. The maximum atomic E-state index is 5.50. The topological polar surface area (TPSA) is 48.1 Å². The predicted octanol–water partition coefficient (Wildman–Crippen LogP) is 0.865. The molecule has 1 aliphatic rings. The molecule has 1 aliphatic heterocycles. The first-order valence-corrected chi connectivity index (χ1v) is 4.21. The van der Waals surface area contributed by atoms with Gasteiger partial charge in [0.1, 0.15) is 0 Å². The Morgan fingerprint density at radius 2 is 2.50 bits per heavy atom. The van der Waals surface area contributed by atoms with Crippen LogP contribution in [-0.4, -0.2) is 11.6 Å². The molecular formula is C9H12N2O. The van der Waals surface area contributed by atoms with Gasteiger partial charge in [0.2, 0.25) is 5.88 Å². The van der Waals surface area contributed by atoms with E-state index in [0.717, 1.165) is 30.9 Å². The van der Waals surface area contributed by atoms with Gasteiger partial charge in [0.25, 0.3) is 0 Å². The first kappa shape index (κ1) is 7.55. The molecule has 12 heavy (non-hydrogen) atoms. The second-order valence-electron chi connectivity index (χ2n) is 2.96. The minimum atomic E-state index is 0.556. The van der Waals surface area contributed by atoms with Crippen LogP contribution in [0.5, 0.6) is 5.88 Å². The Balaban J connectivity index is 2.36. The molecule has 0 aliphatic carbocycles. The lowest BCUT2D eigenvalue weighted by atomic mass is 10.1. The molecule has 2 heterocycles. The van der Waals surface area contributed by atoms with E-state index in [1.165, 1.54) is 5.56 Å². The summed E-state index contributed by atoms with van der Waals surface area (Å²) in [7, 11) is 0. The first-order valence-electron chi connectivity index (χ1n) is 4.21. The summed E-state index contributed by atoms with van der Waals surface area (Å²) in [6.45, 7) is 1.35. The molecular weight excluding hydrogens is 152 g/mol. The fraction of sp³-hybridized carbons (Fsp3) is 0.444. The van der Waals surface area contributed by atoms with Gasteiger partial charge in [-0.1, -0.05) is 0 Å². The molecule has 0 radical (unpaired) electrons. The molecule has 3 heteroatoms. The highest BCUT2D eigenvalue weighted by atomic mass is 16.5. The molecule has 2 N–H and O–H groups in total. The number of fused-ring (bicyclic) bond motifs is 1. The van der Waals surface area contributed by atoms with E-state index in [-0.39, 0.29) is 0 Å². The molecule has 1 aromatic rings. The number of nitrogens with zero attached hydrogens (tertiary/aromatic N) is 1. The molecule has 0 saturated heterocycles. The molecule has 0 unspecified atom stereocenters. The van der Waals surface area contributed by atoms with Crippen LogP contribution in [0.4, 0.5) is 0 Å². The van der Waals surface area contributed by atoms with Gasteiger partial charge in [0, 0.05) is 18.3 Å². The number of pyridine rings is 1. The van der Waals surface area contributed by atoms with Gasteiger partial charge in [0.05, 0.1) is 6.61 Å². The lowest BCUT2D eigenvalue weighted by molar-refractivity contribution is 0.276. The van der Waals surface area contributed by atoms with Crippen molar-refractivity contribution in [3.8, 4) is 5.88 Å². The van der Waals surface area contributed by atoms with Gasteiger partial charge in [-0.2, -0.15) is 0 Å². The second kappa shape index (κ2) is 3.11. The molecule has 0 atom stereocenters. The molecule has 0 aromatic carbocycles. The van der Waals surface area contributed by atoms with Crippen molar-refractivity contribution >= 4 is 0 Å². The van der Waals surface area contributed by atoms with Gasteiger partial charge in [-0.15, -0.1) is 0 Å². The van der Waals surface area contributed by atoms with Crippen molar-refractivity contribution in [1.29, 1.82) is 0 Å². The van der Waals surface area contributed by atoms with E-state index in [1.807, 2.05) is 0 Å². The quantitative estimate of drug-likeness (QED) is 0.669. The van der Waals surface area contributed by atoms with E-state index in [0.29, 0.717) is 6.54 Å². The summed E-state index contributed by atoms with van der Waals surface area (Å²) < 4.78 is 5.37. The Bertz CT molecular complexity index is 286. The molecule has 0 spiro atoms. The van der Waals surface area contributed by atoms with Crippen molar-refractivity contribution in [3.63, 3.8) is 0 Å². The fourth-order valence-electron chi connectivity index (χ4n) is 1.40. The molecule has 0 bridgehead atoms. The number of hydrogen-bond acceptors (Lipinski definition) is 3. The van der Waals surface area contributed by atoms with Gasteiger partial charge >= 0.3 is 0 Å². The summed E-state index contributed by atoms with van der Waals surface area (Å²) in [5, 5.41) is 0. The molecule has 3 nitrogen and oxygen atoms in total. The van der Waals surface area contributed by atoms with Crippen molar-refractivity contribution in [3.05, 3.63) is 23.4 Å². The average Bonchev–Trinajstić information content (AvgIpc) is 2.17. The number of ether oxygens (including phenoxy) is 1. The van der Waals surface area contributed by atoms with Crippen LogP contribution >= 0.6 is 0 Å². The average molecular weight is 164 g/mol. The summed E-state index contributed by atoms with van der Waals surface area (Å²) in [4.78, 5) is 4.19. The van der Waals surface area contributed by atoms with Gasteiger partial charge in [0.15, 0.2) is 0 Å². The summed E-state index contributed by atoms with van der Waals surface area (Å²) in [5.41, 5.74) is 7.78. The van der Waals surface area contributed by atoms with Crippen LogP contribution in [0.1, 0.15) is 17.5 Å². The SMILES string of the molecule is NCc1cnc2c(c1)CCCO2. The normalized spacial score (nSPS) is 15.1. The van der Waals surface area contributed by atoms with Gasteiger partial charge in [-0.05, 0) is 24.5 Å². The molecule has 2 rings (SSSR count). The maximum absolute atomic E-state index is 5.50. The fourth-order valence-corrected chi connectivity index (χ4v) is 1.40. The number of rotatable bonds is 1. The zero-order valence-electron chi connectivity index (χ0n) is 6.92. The van der Waals surface area contributed by atoms with Gasteiger partial charge in [-0.25, -0.2) is 4.98 Å². The number of hydrogen-bond donors (Lipinski definition) is 1. The monoisotopic (exact) mass is 164 g/mol. The van der Waals surface area contributed by atoms with E-state index in [1.54, 1.807) is 6.20 Å². The van der Waals surface area contributed by atoms with Crippen molar-refractivity contribution < 1.29 is 4.74 Å². The minimum Gasteiger partial charge on any atom is -0.477 e. The highest BCUT2D eigenvalue weighted by molar-refractivity contribution is 5.31. The minimum absolute atomic E-state index is 0.556. The summed E-state index contributed by atoms with van der Waals surface area (Å²) >= 11 is 0. The summed E-state index contributed by atoms with van der Waals surface area (Å²) in [5.74, 6) is 0.790. The zero-order chi connectivity index (χ0) is 8.39. The summed E-state index contributed by atoms with van der Waals surface area (Å²) in [6, 6.07) is 2.08. The van der Waals surface area contributed by atoms with Crippen LogP contribution in [0.2, 0.25) is 0 Å². The number of aryl methyl sites for hydroxylation is 1. The van der Waals surface area contributed by atoms with Gasteiger partial charge in [-0.3, -0.25) is 0 Å². The van der Waals surface area contributed by atoms with E-state index in [9.17, 15) is 0 Å². The number of nitrogens with two attached hydrogens (primary N) is 1.